The molecule has 1 aliphatic carbocycles. The molecular formula is C39H44BrClN4O7. The highest BCUT2D eigenvalue weighted by Gasteiger charge is 2.30. The monoisotopic (exact) mass is 794 g/mol. The summed E-state index contributed by atoms with van der Waals surface area (Å²) in [5, 5.41) is 7.48. The van der Waals surface area contributed by atoms with Crippen LogP contribution in [0.5, 0.6) is 5.75 Å². The molecule has 1 amide bonds. The van der Waals surface area contributed by atoms with Crippen LogP contribution >= 0.6 is 27.5 Å². The van der Waals surface area contributed by atoms with Gasteiger partial charge in [0.15, 0.2) is 6.04 Å². The Balaban J connectivity index is 1.32. The second kappa shape index (κ2) is 17.0. The predicted octanol–water partition coefficient (Wildman–Crippen LogP) is 6.90. The van der Waals surface area contributed by atoms with E-state index in [2.05, 4.69) is 33.5 Å². The number of esters is 2. The Kier molecular flexibility index (Phi) is 12.7. The highest BCUT2D eigenvalue weighted by Crippen LogP contribution is 2.33. The van der Waals surface area contributed by atoms with Gasteiger partial charge in [-0.05, 0) is 108 Å². The van der Waals surface area contributed by atoms with Gasteiger partial charge in [0.25, 0.3) is 11.8 Å². The van der Waals surface area contributed by atoms with Gasteiger partial charge in [-0.3, -0.25) is 19.0 Å². The molecule has 4 aromatic rings. The van der Waals surface area contributed by atoms with Crippen LogP contribution in [0, 0.1) is 6.92 Å². The number of nitrogens with one attached hydrogen (secondary N) is 2. The minimum atomic E-state index is -1.29. The summed E-state index contributed by atoms with van der Waals surface area (Å²) in [7, 11) is 2.71. The third kappa shape index (κ3) is 8.62. The smallest absolute Gasteiger partial charge is 0.331 e. The van der Waals surface area contributed by atoms with E-state index in [0.717, 1.165) is 24.8 Å². The fourth-order valence-electron chi connectivity index (χ4n) is 6.84. The second-order valence-electron chi connectivity index (χ2n) is 13.1. The van der Waals surface area contributed by atoms with Crippen molar-refractivity contribution in [1.29, 1.82) is 0 Å². The first-order valence-corrected chi connectivity index (χ1v) is 18.4. The molecule has 1 atom stereocenters. The molecule has 1 fully saturated rings. The summed E-state index contributed by atoms with van der Waals surface area (Å²) in [6.07, 6.45) is 6.51. The minimum absolute atomic E-state index is 0.0288. The van der Waals surface area contributed by atoms with Gasteiger partial charge in [-0.2, -0.15) is 0 Å². The van der Waals surface area contributed by atoms with E-state index >= 15 is 0 Å². The number of ether oxygens (including phenoxy) is 3. The molecule has 0 radical (unpaired) electrons. The molecule has 0 bridgehead atoms. The van der Waals surface area contributed by atoms with Crippen LogP contribution in [0.3, 0.4) is 0 Å². The van der Waals surface area contributed by atoms with Gasteiger partial charge in [0.05, 0.1) is 31.8 Å². The van der Waals surface area contributed by atoms with Crippen LogP contribution in [0.25, 0.3) is 10.9 Å². The maximum absolute atomic E-state index is 13.7. The van der Waals surface area contributed by atoms with Crippen LogP contribution in [-0.4, -0.2) is 60.7 Å². The van der Waals surface area contributed by atoms with Gasteiger partial charge in [0.2, 0.25) is 0 Å². The van der Waals surface area contributed by atoms with Crippen molar-refractivity contribution in [2.24, 2.45) is 0 Å². The Morgan fingerprint density at radius 2 is 1.71 bits per heavy atom. The maximum atomic E-state index is 13.7. The number of hydrogen-bond donors (Lipinski definition) is 3. The molecule has 276 valence electrons. The lowest BCUT2D eigenvalue weighted by Gasteiger charge is -2.38. The third-order valence-electron chi connectivity index (χ3n) is 9.98. The summed E-state index contributed by atoms with van der Waals surface area (Å²) in [6.45, 7) is 3.92. The minimum Gasteiger partial charge on any atom is -0.497 e. The number of rotatable bonds is 13. The van der Waals surface area contributed by atoms with Crippen molar-refractivity contribution in [3.63, 3.8) is 0 Å². The lowest BCUT2D eigenvalue weighted by molar-refractivity contribution is -0.149. The summed E-state index contributed by atoms with van der Waals surface area (Å²) in [5.41, 5.74) is 10.0. The van der Waals surface area contributed by atoms with E-state index in [-0.39, 0.29) is 23.4 Å². The molecule has 3 aromatic carbocycles. The summed E-state index contributed by atoms with van der Waals surface area (Å²) in [4.78, 5) is 53.3. The average molecular weight is 796 g/mol. The molecule has 1 aromatic heterocycles. The molecule has 0 saturated heterocycles. The SMILES string of the molecule is CCC1(NCc2cc(C(=O)N[C@@H](COC(=O)Cc3c(C)n(C(=O)c4ccc(Cl)cc4)c4ccc(OC)cc34)C(=O)OC)cc(Br)c2N)CCCCC1. The summed E-state index contributed by atoms with van der Waals surface area (Å²) in [5.74, 6) is -1.79. The number of hydrogen-bond acceptors (Lipinski definition) is 9. The van der Waals surface area contributed by atoms with Gasteiger partial charge in [0.1, 0.15) is 12.4 Å². The van der Waals surface area contributed by atoms with Crippen molar-refractivity contribution in [2.45, 2.75) is 76.9 Å². The Morgan fingerprint density at radius 3 is 2.37 bits per heavy atom. The van der Waals surface area contributed by atoms with Crippen molar-refractivity contribution < 1.29 is 33.4 Å². The number of carbonyl (C=O) groups excluding carboxylic acids is 4. The number of benzene rings is 3. The van der Waals surface area contributed by atoms with Gasteiger partial charge in [-0.25, -0.2) is 4.79 Å². The lowest BCUT2D eigenvalue weighted by atomic mass is 9.79. The molecule has 5 rings (SSSR count). The van der Waals surface area contributed by atoms with Crippen LogP contribution in [-0.2, 0) is 32.0 Å². The highest BCUT2D eigenvalue weighted by atomic mass is 79.9. The highest BCUT2D eigenvalue weighted by molar-refractivity contribution is 9.10. The molecule has 4 N–H and O–H groups in total. The first-order chi connectivity index (χ1) is 24.9. The molecule has 1 heterocycles. The number of methoxy groups -OCH3 is 2. The largest absolute Gasteiger partial charge is 0.497 e. The van der Waals surface area contributed by atoms with E-state index in [1.807, 2.05) is 0 Å². The average Bonchev–Trinajstić information content (AvgIpc) is 3.42. The number of nitrogens with zero attached hydrogens (tertiary/aromatic N) is 1. The Morgan fingerprint density at radius 1 is 1.00 bits per heavy atom. The van der Waals surface area contributed by atoms with Gasteiger partial charge < -0.3 is 30.6 Å². The van der Waals surface area contributed by atoms with E-state index in [0.29, 0.717) is 55.2 Å². The molecule has 1 saturated carbocycles. The van der Waals surface area contributed by atoms with Gasteiger partial charge in [0, 0.05) is 43.8 Å². The van der Waals surface area contributed by atoms with Gasteiger partial charge >= 0.3 is 11.9 Å². The number of fused-ring (bicyclic) bond motifs is 1. The number of halogens is 2. The topological polar surface area (TPSA) is 151 Å². The maximum Gasteiger partial charge on any atom is 0.331 e. The molecule has 0 spiro atoms. The fourth-order valence-corrected chi connectivity index (χ4v) is 7.47. The number of aromatic nitrogens is 1. The van der Waals surface area contributed by atoms with E-state index in [4.69, 9.17) is 31.5 Å². The molecule has 52 heavy (non-hydrogen) atoms. The van der Waals surface area contributed by atoms with Crippen molar-refractivity contribution in [3.8, 4) is 5.75 Å². The standard InChI is InChI=1S/C39H44BrClN4O7/c1-5-39(15-7-6-8-16-39)43-21-26-17-25(18-31(40)35(26)42)36(47)44-32(38(49)51-4)22-52-34(46)20-29-23(2)45(33-14-13-28(50-3)19-30(29)33)37(48)24-9-11-27(41)12-10-24/h9-14,17-19,32,43H,5-8,15-16,20-22,42H2,1-4H3,(H,44,47)/t32-/m0/s1. The third-order valence-corrected chi connectivity index (χ3v) is 10.9. The van der Waals surface area contributed by atoms with Crippen molar-refractivity contribution in [1.82, 2.24) is 15.2 Å². The number of amides is 1. The summed E-state index contributed by atoms with van der Waals surface area (Å²) in [6, 6.07) is 13.8. The zero-order valence-corrected chi connectivity index (χ0v) is 32.1. The van der Waals surface area contributed by atoms with Crippen LogP contribution in [0.4, 0.5) is 5.69 Å². The number of nitrogens with two attached hydrogens (primary N) is 1. The Labute approximate surface area is 316 Å². The van der Waals surface area contributed by atoms with Crippen molar-refractivity contribution >= 4 is 67.9 Å². The van der Waals surface area contributed by atoms with E-state index in [1.54, 1.807) is 61.5 Å². The zero-order chi connectivity index (χ0) is 37.6. The molecule has 0 unspecified atom stereocenters. The first kappa shape index (κ1) is 38.8. The Hall–Kier alpha value is -4.39. The number of carbonyl (C=O) groups is 4. The van der Waals surface area contributed by atoms with Gasteiger partial charge in [-0.1, -0.05) is 37.8 Å². The molecular weight excluding hydrogens is 752 g/mol. The lowest BCUT2D eigenvalue weighted by Crippen LogP contribution is -2.46. The van der Waals surface area contributed by atoms with Crippen LogP contribution < -0.4 is 21.1 Å². The fraction of sp³-hybridized carbons (Fsp3) is 0.385. The molecule has 1 aliphatic rings. The second-order valence-corrected chi connectivity index (χ2v) is 14.4. The van der Waals surface area contributed by atoms with E-state index in [9.17, 15) is 19.2 Å². The normalized spacial score (nSPS) is 14.4. The molecule has 11 nitrogen and oxygen atoms in total. The van der Waals surface area contributed by atoms with E-state index < -0.39 is 30.5 Å². The van der Waals surface area contributed by atoms with Crippen molar-refractivity contribution in [2.75, 3.05) is 26.6 Å². The Bertz CT molecular complexity index is 1970. The van der Waals surface area contributed by atoms with Gasteiger partial charge in [-0.15, -0.1) is 0 Å². The summed E-state index contributed by atoms with van der Waals surface area (Å²) < 4.78 is 18.0. The number of anilines is 1. The quantitative estimate of drug-likeness (QED) is 0.0970. The zero-order valence-electron chi connectivity index (χ0n) is 29.8. The molecule has 13 heteroatoms. The summed E-state index contributed by atoms with van der Waals surface area (Å²) >= 11 is 9.52. The van der Waals surface area contributed by atoms with Crippen LogP contribution in [0.2, 0.25) is 5.02 Å². The van der Waals surface area contributed by atoms with Crippen LogP contribution in [0.15, 0.2) is 59.1 Å². The predicted molar refractivity (Wildman–Crippen MR) is 204 cm³/mol. The van der Waals surface area contributed by atoms with E-state index in [1.165, 1.54) is 38.0 Å². The van der Waals surface area contributed by atoms with Crippen LogP contribution in [0.1, 0.15) is 83.0 Å². The van der Waals surface area contributed by atoms with Crippen molar-refractivity contribution in [3.05, 3.63) is 92.0 Å². The first-order valence-electron chi connectivity index (χ1n) is 17.3. The number of nitrogen functional groups attached to an aromatic ring is 1. The molecule has 0 aliphatic heterocycles.